The zero-order valence-electron chi connectivity index (χ0n) is 11.8. The highest BCUT2D eigenvalue weighted by Gasteiger charge is 2.24. The van der Waals surface area contributed by atoms with E-state index in [4.69, 9.17) is 0 Å². The zero-order chi connectivity index (χ0) is 13.3. The summed E-state index contributed by atoms with van der Waals surface area (Å²) in [6.07, 6.45) is 3.03. The quantitative estimate of drug-likeness (QED) is 0.822. The second kappa shape index (κ2) is 5.12. The van der Waals surface area contributed by atoms with E-state index in [2.05, 4.69) is 23.4 Å². The molecule has 0 spiro atoms. The van der Waals surface area contributed by atoms with Crippen LogP contribution in [0.25, 0.3) is 0 Å². The Labute approximate surface area is 109 Å². The van der Waals surface area contributed by atoms with Crippen molar-refractivity contribution in [2.24, 2.45) is 11.8 Å². The number of hydrogen-bond donors (Lipinski definition) is 0. The summed E-state index contributed by atoms with van der Waals surface area (Å²) in [7, 11) is 0. The smallest absolute Gasteiger partial charge is 0.225 e. The van der Waals surface area contributed by atoms with Gasteiger partial charge in [-0.2, -0.15) is 0 Å². The lowest BCUT2D eigenvalue weighted by Crippen LogP contribution is -2.40. The van der Waals surface area contributed by atoms with Crippen LogP contribution in [0.5, 0.6) is 0 Å². The molecule has 0 aliphatic carbocycles. The number of imidazole rings is 1. The Balaban J connectivity index is 2.12. The molecule has 0 saturated heterocycles. The van der Waals surface area contributed by atoms with Gasteiger partial charge in [0.15, 0.2) is 0 Å². The van der Waals surface area contributed by atoms with Crippen LogP contribution in [-0.4, -0.2) is 26.9 Å². The highest BCUT2D eigenvalue weighted by atomic mass is 16.2. The Hall–Kier alpha value is -1.32. The van der Waals surface area contributed by atoms with E-state index < -0.39 is 0 Å². The topological polar surface area (TPSA) is 38.1 Å². The number of rotatable bonds is 3. The molecule has 0 bridgehead atoms. The summed E-state index contributed by atoms with van der Waals surface area (Å²) < 4.78 is 2.28. The lowest BCUT2D eigenvalue weighted by molar-refractivity contribution is -0.136. The molecule has 0 atom stereocenters. The van der Waals surface area contributed by atoms with Gasteiger partial charge in [0.05, 0.1) is 6.54 Å². The van der Waals surface area contributed by atoms with Gasteiger partial charge >= 0.3 is 0 Å². The van der Waals surface area contributed by atoms with Gasteiger partial charge in [-0.1, -0.05) is 27.7 Å². The molecule has 1 aromatic heterocycles. The highest BCUT2D eigenvalue weighted by molar-refractivity contribution is 5.78. The Morgan fingerprint density at radius 3 is 2.67 bits per heavy atom. The monoisotopic (exact) mass is 249 g/mol. The SMILES string of the molecule is CC(C)Cc1cnc2n1CCN(C(=O)C(C)C)C2. The minimum atomic E-state index is 0.0710. The predicted octanol–water partition coefficient (Wildman–Crippen LogP) is 2.08. The van der Waals surface area contributed by atoms with E-state index in [1.165, 1.54) is 5.69 Å². The molecule has 0 saturated carbocycles. The first-order chi connectivity index (χ1) is 8.49. The molecule has 18 heavy (non-hydrogen) atoms. The van der Waals surface area contributed by atoms with E-state index in [0.717, 1.165) is 25.3 Å². The van der Waals surface area contributed by atoms with Gasteiger partial charge in [-0.15, -0.1) is 0 Å². The van der Waals surface area contributed by atoms with Gasteiger partial charge in [0.25, 0.3) is 0 Å². The van der Waals surface area contributed by atoms with Crippen LogP contribution in [0, 0.1) is 11.8 Å². The molecule has 1 aliphatic heterocycles. The molecule has 100 valence electrons. The fourth-order valence-corrected chi connectivity index (χ4v) is 2.46. The van der Waals surface area contributed by atoms with Crippen LogP contribution < -0.4 is 0 Å². The molecule has 1 aromatic rings. The Morgan fingerprint density at radius 1 is 1.33 bits per heavy atom. The number of nitrogens with zero attached hydrogens (tertiary/aromatic N) is 3. The number of carbonyl (C=O) groups excluding carboxylic acids is 1. The van der Waals surface area contributed by atoms with Crippen LogP contribution in [0.15, 0.2) is 6.20 Å². The highest BCUT2D eigenvalue weighted by Crippen LogP contribution is 2.18. The van der Waals surface area contributed by atoms with Gasteiger partial charge in [0.1, 0.15) is 5.82 Å². The molecule has 4 heteroatoms. The van der Waals surface area contributed by atoms with Gasteiger partial charge in [-0.3, -0.25) is 4.79 Å². The Morgan fingerprint density at radius 2 is 2.06 bits per heavy atom. The summed E-state index contributed by atoms with van der Waals surface area (Å²) in [6.45, 7) is 10.7. The lowest BCUT2D eigenvalue weighted by atomic mass is 10.1. The average molecular weight is 249 g/mol. The summed E-state index contributed by atoms with van der Waals surface area (Å²) in [4.78, 5) is 18.4. The first-order valence-corrected chi connectivity index (χ1v) is 6.81. The second-order valence-electron chi connectivity index (χ2n) is 5.83. The molecule has 0 radical (unpaired) electrons. The summed E-state index contributed by atoms with van der Waals surface area (Å²) >= 11 is 0. The first kappa shape index (κ1) is 13.1. The molecule has 2 heterocycles. The first-order valence-electron chi connectivity index (χ1n) is 6.81. The fourth-order valence-electron chi connectivity index (χ4n) is 2.46. The summed E-state index contributed by atoms with van der Waals surface area (Å²) in [5.41, 5.74) is 1.30. The molecule has 4 nitrogen and oxygen atoms in total. The van der Waals surface area contributed by atoms with Crippen molar-refractivity contribution < 1.29 is 4.79 Å². The third kappa shape index (κ3) is 2.57. The Kier molecular flexibility index (Phi) is 3.73. The maximum absolute atomic E-state index is 12.0. The third-order valence-electron chi connectivity index (χ3n) is 3.37. The summed E-state index contributed by atoms with van der Waals surface area (Å²) in [5.74, 6) is 1.98. The van der Waals surface area contributed by atoms with E-state index >= 15 is 0 Å². The van der Waals surface area contributed by atoms with Crippen molar-refractivity contribution in [3.05, 3.63) is 17.7 Å². The van der Waals surface area contributed by atoms with Crippen LogP contribution in [-0.2, 0) is 24.3 Å². The molecule has 0 fully saturated rings. The van der Waals surface area contributed by atoms with Crippen molar-refractivity contribution in [1.29, 1.82) is 0 Å². The van der Waals surface area contributed by atoms with Crippen molar-refractivity contribution in [3.63, 3.8) is 0 Å². The van der Waals surface area contributed by atoms with Crippen molar-refractivity contribution >= 4 is 5.91 Å². The lowest BCUT2D eigenvalue weighted by Gasteiger charge is -2.30. The maximum Gasteiger partial charge on any atom is 0.225 e. The molecule has 0 aromatic carbocycles. The fraction of sp³-hybridized carbons (Fsp3) is 0.714. The molecule has 0 N–H and O–H groups in total. The predicted molar refractivity (Wildman–Crippen MR) is 71.0 cm³/mol. The van der Waals surface area contributed by atoms with Crippen LogP contribution in [0.2, 0.25) is 0 Å². The number of hydrogen-bond acceptors (Lipinski definition) is 2. The molecule has 1 aliphatic rings. The van der Waals surface area contributed by atoms with Crippen LogP contribution >= 0.6 is 0 Å². The minimum absolute atomic E-state index is 0.0710. The van der Waals surface area contributed by atoms with Crippen molar-refractivity contribution in [3.8, 4) is 0 Å². The van der Waals surface area contributed by atoms with E-state index in [1.54, 1.807) is 0 Å². The van der Waals surface area contributed by atoms with Gasteiger partial charge in [0, 0.05) is 30.9 Å². The molecular weight excluding hydrogens is 226 g/mol. The number of fused-ring (bicyclic) bond motifs is 1. The van der Waals surface area contributed by atoms with Crippen LogP contribution in [0.1, 0.15) is 39.2 Å². The van der Waals surface area contributed by atoms with Gasteiger partial charge < -0.3 is 9.47 Å². The summed E-state index contributed by atoms with van der Waals surface area (Å²) in [5, 5.41) is 0. The minimum Gasteiger partial charge on any atom is -0.333 e. The Bertz CT molecular complexity index is 434. The third-order valence-corrected chi connectivity index (χ3v) is 3.37. The number of amides is 1. The average Bonchev–Trinajstić information content (AvgIpc) is 2.70. The van der Waals surface area contributed by atoms with E-state index in [-0.39, 0.29) is 11.8 Å². The standard InChI is InChI=1S/C14H23N3O/c1-10(2)7-12-8-15-13-9-16(5-6-17(12)13)14(18)11(3)4/h8,10-11H,5-7,9H2,1-4H3. The van der Waals surface area contributed by atoms with Crippen molar-refractivity contribution in [2.45, 2.75) is 47.2 Å². The number of aromatic nitrogens is 2. The van der Waals surface area contributed by atoms with Gasteiger partial charge in [-0.05, 0) is 12.3 Å². The molecular formula is C14H23N3O. The largest absolute Gasteiger partial charge is 0.333 e. The maximum atomic E-state index is 12.0. The van der Waals surface area contributed by atoms with E-state index in [0.29, 0.717) is 12.5 Å². The normalized spacial score (nSPS) is 15.3. The molecule has 1 amide bonds. The van der Waals surface area contributed by atoms with Gasteiger partial charge in [0.2, 0.25) is 5.91 Å². The zero-order valence-corrected chi connectivity index (χ0v) is 11.8. The second-order valence-corrected chi connectivity index (χ2v) is 5.83. The summed E-state index contributed by atoms with van der Waals surface area (Å²) in [6, 6.07) is 0. The van der Waals surface area contributed by atoms with Crippen LogP contribution in [0.4, 0.5) is 0 Å². The van der Waals surface area contributed by atoms with Gasteiger partial charge in [-0.25, -0.2) is 4.98 Å². The molecule has 0 unspecified atom stereocenters. The van der Waals surface area contributed by atoms with Crippen molar-refractivity contribution in [2.75, 3.05) is 6.54 Å². The van der Waals surface area contributed by atoms with E-state index in [1.807, 2.05) is 24.9 Å². The molecule has 2 rings (SSSR count). The van der Waals surface area contributed by atoms with Crippen molar-refractivity contribution in [1.82, 2.24) is 14.5 Å². The van der Waals surface area contributed by atoms with Crippen LogP contribution in [0.3, 0.4) is 0 Å². The van der Waals surface area contributed by atoms with E-state index in [9.17, 15) is 4.79 Å². The number of carbonyl (C=O) groups is 1.